The highest BCUT2D eigenvalue weighted by atomic mass is 16.5. The van der Waals surface area contributed by atoms with E-state index in [1.54, 1.807) is 6.92 Å². The van der Waals surface area contributed by atoms with E-state index < -0.39 is 0 Å². The van der Waals surface area contributed by atoms with E-state index in [4.69, 9.17) is 4.74 Å². The minimum Gasteiger partial charge on any atom is -0.466 e. The van der Waals surface area contributed by atoms with Gasteiger partial charge in [-0.1, -0.05) is 26.2 Å². The van der Waals surface area contributed by atoms with Crippen molar-refractivity contribution < 1.29 is 14.3 Å². The number of esters is 1. The van der Waals surface area contributed by atoms with Crippen molar-refractivity contribution in [3.8, 4) is 0 Å². The molecule has 0 aromatic rings. The van der Waals surface area contributed by atoms with Crippen LogP contribution < -0.4 is 5.32 Å². The van der Waals surface area contributed by atoms with Crippen molar-refractivity contribution in [2.75, 3.05) is 6.61 Å². The highest BCUT2D eigenvalue weighted by Crippen LogP contribution is 2.03. The third kappa shape index (κ3) is 9.85. The van der Waals surface area contributed by atoms with Gasteiger partial charge in [0.1, 0.15) is 0 Å². The second kappa shape index (κ2) is 10.1. The zero-order chi connectivity index (χ0) is 13.1. The summed E-state index contributed by atoms with van der Waals surface area (Å²) in [5.41, 5.74) is 0. The Morgan fingerprint density at radius 1 is 1.18 bits per heavy atom. The van der Waals surface area contributed by atoms with Gasteiger partial charge in [0.25, 0.3) is 0 Å². The van der Waals surface area contributed by atoms with Gasteiger partial charge in [-0.2, -0.15) is 0 Å². The molecule has 0 radical (unpaired) electrons. The molecule has 0 aromatic heterocycles. The molecular weight excluding hydrogens is 218 g/mol. The summed E-state index contributed by atoms with van der Waals surface area (Å²) in [5.74, 6) is -0.372. The zero-order valence-electron chi connectivity index (χ0n) is 11.3. The molecule has 0 fully saturated rings. The van der Waals surface area contributed by atoms with Crippen LogP contribution in [0, 0.1) is 0 Å². The summed E-state index contributed by atoms with van der Waals surface area (Å²) in [6, 6.07) is 0.191. The molecule has 17 heavy (non-hydrogen) atoms. The van der Waals surface area contributed by atoms with Crippen LogP contribution in [0.25, 0.3) is 0 Å². The number of hydrogen-bond acceptors (Lipinski definition) is 3. The number of carbonyl (C=O) groups excluding carboxylic acids is 2. The highest BCUT2D eigenvalue weighted by Gasteiger charge is 2.09. The van der Waals surface area contributed by atoms with Crippen molar-refractivity contribution in [1.29, 1.82) is 0 Å². The highest BCUT2D eigenvalue weighted by molar-refractivity contribution is 5.81. The van der Waals surface area contributed by atoms with Gasteiger partial charge in [0.2, 0.25) is 5.91 Å². The molecule has 0 aliphatic heterocycles. The third-order valence-electron chi connectivity index (χ3n) is 2.51. The van der Waals surface area contributed by atoms with Crippen molar-refractivity contribution in [3.05, 3.63) is 0 Å². The molecule has 0 heterocycles. The lowest BCUT2D eigenvalue weighted by Crippen LogP contribution is -2.32. The quantitative estimate of drug-likeness (QED) is 0.500. The standard InChI is InChI=1S/C13H25NO3/c1-4-6-7-8-11(3)14-12(15)9-10-13(16)17-5-2/h11H,4-10H2,1-3H3,(H,14,15). The van der Waals surface area contributed by atoms with Gasteiger partial charge in [-0.25, -0.2) is 0 Å². The minimum atomic E-state index is -0.304. The largest absolute Gasteiger partial charge is 0.466 e. The van der Waals surface area contributed by atoms with Crippen LogP contribution in [0.1, 0.15) is 59.3 Å². The maximum Gasteiger partial charge on any atom is 0.306 e. The Morgan fingerprint density at radius 2 is 1.88 bits per heavy atom. The maximum atomic E-state index is 11.5. The van der Waals surface area contributed by atoms with Gasteiger partial charge in [0.05, 0.1) is 13.0 Å². The molecule has 0 saturated carbocycles. The lowest BCUT2D eigenvalue weighted by molar-refractivity contribution is -0.144. The van der Waals surface area contributed by atoms with E-state index in [0.29, 0.717) is 6.61 Å². The number of rotatable bonds is 9. The molecule has 0 aromatic carbocycles. The van der Waals surface area contributed by atoms with Gasteiger partial charge in [-0.3, -0.25) is 9.59 Å². The first-order chi connectivity index (χ1) is 8.10. The molecule has 0 aliphatic carbocycles. The summed E-state index contributed by atoms with van der Waals surface area (Å²) in [6.45, 7) is 6.28. The number of amides is 1. The summed E-state index contributed by atoms with van der Waals surface area (Å²) in [7, 11) is 0. The first kappa shape index (κ1) is 15.9. The predicted molar refractivity (Wildman–Crippen MR) is 67.6 cm³/mol. The smallest absolute Gasteiger partial charge is 0.306 e. The van der Waals surface area contributed by atoms with Crippen LogP contribution in [-0.4, -0.2) is 24.5 Å². The summed E-state index contributed by atoms with van der Waals surface area (Å²) in [4.78, 5) is 22.5. The van der Waals surface area contributed by atoms with Gasteiger partial charge in [0, 0.05) is 12.5 Å². The van der Waals surface area contributed by atoms with Crippen LogP contribution >= 0.6 is 0 Å². The Balaban J connectivity index is 3.60. The van der Waals surface area contributed by atoms with E-state index in [2.05, 4.69) is 12.2 Å². The Kier molecular flexibility index (Phi) is 9.49. The number of unbranched alkanes of at least 4 members (excludes halogenated alkanes) is 2. The van der Waals surface area contributed by atoms with Crippen molar-refractivity contribution >= 4 is 11.9 Å². The molecule has 0 spiro atoms. The fourth-order valence-electron chi connectivity index (χ4n) is 1.57. The normalized spacial score (nSPS) is 11.9. The van der Waals surface area contributed by atoms with Crippen molar-refractivity contribution in [2.24, 2.45) is 0 Å². The molecule has 100 valence electrons. The van der Waals surface area contributed by atoms with Crippen molar-refractivity contribution in [3.63, 3.8) is 0 Å². The third-order valence-corrected chi connectivity index (χ3v) is 2.51. The zero-order valence-corrected chi connectivity index (χ0v) is 11.3. The van der Waals surface area contributed by atoms with E-state index in [1.807, 2.05) is 6.92 Å². The lowest BCUT2D eigenvalue weighted by atomic mass is 10.1. The Bertz CT molecular complexity index is 229. The van der Waals surface area contributed by atoms with Crippen LogP contribution in [0.2, 0.25) is 0 Å². The van der Waals surface area contributed by atoms with Crippen LogP contribution in [0.5, 0.6) is 0 Å². The van der Waals surface area contributed by atoms with E-state index in [0.717, 1.165) is 12.8 Å². The first-order valence-electron chi connectivity index (χ1n) is 6.55. The van der Waals surface area contributed by atoms with Crippen LogP contribution in [0.3, 0.4) is 0 Å². The predicted octanol–water partition coefficient (Wildman–Crippen LogP) is 2.41. The molecule has 1 amide bonds. The summed E-state index contributed by atoms with van der Waals surface area (Å²) in [6.07, 6.45) is 4.90. The van der Waals surface area contributed by atoms with Crippen LogP contribution in [0.4, 0.5) is 0 Å². The second-order valence-corrected chi connectivity index (χ2v) is 4.27. The Labute approximate surface area is 104 Å². The molecule has 1 atom stereocenters. The average molecular weight is 243 g/mol. The SMILES string of the molecule is CCCCCC(C)NC(=O)CCC(=O)OCC. The first-order valence-corrected chi connectivity index (χ1v) is 6.55. The monoisotopic (exact) mass is 243 g/mol. The number of ether oxygens (including phenoxy) is 1. The topological polar surface area (TPSA) is 55.4 Å². The number of hydrogen-bond donors (Lipinski definition) is 1. The van der Waals surface area contributed by atoms with Gasteiger partial charge >= 0.3 is 5.97 Å². The van der Waals surface area contributed by atoms with Crippen LogP contribution in [-0.2, 0) is 14.3 Å². The molecule has 1 N–H and O–H groups in total. The van der Waals surface area contributed by atoms with E-state index in [-0.39, 0.29) is 30.8 Å². The molecule has 4 heteroatoms. The van der Waals surface area contributed by atoms with Gasteiger partial charge < -0.3 is 10.1 Å². The fraction of sp³-hybridized carbons (Fsp3) is 0.846. The summed E-state index contributed by atoms with van der Waals surface area (Å²) in [5, 5.41) is 2.89. The Morgan fingerprint density at radius 3 is 2.47 bits per heavy atom. The number of nitrogens with one attached hydrogen (secondary N) is 1. The van der Waals surface area contributed by atoms with E-state index in [1.165, 1.54) is 12.8 Å². The molecule has 0 aliphatic rings. The molecule has 0 saturated heterocycles. The minimum absolute atomic E-state index is 0.0675. The lowest BCUT2D eigenvalue weighted by Gasteiger charge is -2.13. The van der Waals surface area contributed by atoms with Gasteiger partial charge in [-0.05, 0) is 20.3 Å². The Hall–Kier alpha value is -1.06. The van der Waals surface area contributed by atoms with Gasteiger partial charge in [0.15, 0.2) is 0 Å². The molecule has 1 unspecified atom stereocenters. The summed E-state index contributed by atoms with van der Waals surface area (Å²) < 4.78 is 4.76. The van der Waals surface area contributed by atoms with Crippen molar-refractivity contribution in [2.45, 2.75) is 65.3 Å². The second-order valence-electron chi connectivity index (χ2n) is 4.27. The average Bonchev–Trinajstić information content (AvgIpc) is 2.27. The summed E-state index contributed by atoms with van der Waals surface area (Å²) >= 11 is 0. The molecule has 0 bridgehead atoms. The molecule has 4 nitrogen and oxygen atoms in total. The van der Waals surface area contributed by atoms with Crippen molar-refractivity contribution in [1.82, 2.24) is 5.32 Å². The van der Waals surface area contributed by atoms with E-state index >= 15 is 0 Å². The molecular formula is C13H25NO3. The van der Waals surface area contributed by atoms with Crippen LogP contribution in [0.15, 0.2) is 0 Å². The van der Waals surface area contributed by atoms with Gasteiger partial charge in [-0.15, -0.1) is 0 Å². The number of carbonyl (C=O) groups is 2. The maximum absolute atomic E-state index is 11.5. The molecule has 0 rings (SSSR count). The van der Waals surface area contributed by atoms with E-state index in [9.17, 15) is 9.59 Å². The fourth-order valence-corrected chi connectivity index (χ4v) is 1.57.